The second-order valence-corrected chi connectivity index (χ2v) is 7.99. The molecular formula is C16H24BrN3O2S. The topological polar surface area (TPSA) is 53.9 Å². The lowest BCUT2D eigenvalue weighted by molar-refractivity contribution is -0.149. The number of piperidine rings is 1. The number of rotatable bonds is 5. The third kappa shape index (κ3) is 5.49. The molecule has 0 radical (unpaired) electrons. The summed E-state index contributed by atoms with van der Waals surface area (Å²) in [6, 6.07) is 4.22. The van der Waals surface area contributed by atoms with Gasteiger partial charge in [-0.2, -0.15) is 0 Å². The van der Waals surface area contributed by atoms with Crippen molar-refractivity contribution in [3.63, 3.8) is 0 Å². The molecule has 5 nitrogen and oxygen atoms in total. The molecule has 2 heterocycles. The Bertz CT molecular complexity index is 539. The first-order valence-electron chi connectivity index (χ1n) is 8.00. The highest BCUT2D eigenvalue weighted by Gasteiger charge is 2.27. The van der Waals surface area contributed by atoms with Crippen LogP contribution < -0.4 is 5.32 Å². The highest BCUT2D eigenvalue weighted by molar-refractivity contribution is 9.11. The van der Waals surface area contributed by atoms with Crippen LogP contribution in [-0.2, 0) is 16.0 Å². The summed E-state index contributed by atoms with van der Waals surface area (Å²) in [7, 11) is 1.81. The van der Waals surface area contributed by atoms with Crippen LogP contribution >= 0.6 is 27.3 Å². The lowest BCUT2D eigenvalue weighted by Crippen LogP contribution is -2.47. The van der Waals surface area contributed by atoms with Gasteiger partial charge < -0.3 is 15.0 Å². The van der Waals surface area contributed by atoms with Crippen molar-refractivity contribution in [3.05, 3.63) is 20.8 Å². The second-order valence-electron chi connectivity index (χ2n) is 5.44. The van der Waals surface area contributed by atoms with E-state index < -0.39 is 0 Å². The van der Waals surface area contributed by atoms with E-state index in [4.69, 9.17) is 4.74 Å². The van der Waals surface area contributed by atoms with Gasteiger partial charge in [-0.25, -0.2) is 0 Å². The van der Waals surface area contributed by atoms with Crippen LogP contribution in [0.2, 0.25) is 0 Å². The first-order valence-corrected chi connectivity index (χ1v) is 9.61. The number of likely N-dealkylation sites (tertiary alicyclic amines) is 1. The number of hydrogen-bond acceptors (Lipinski definition) is 4. The molecule has 1 aliphatic rings. The fourth-order valence-corrected chi connectivity index (χ4v) is 4.19. The lowest BCUT2D eigenvalue weighted by atomic mass is 9.97. The summed E-state index contributed by atoms with van der Waals surface area (Å²) in [5.74, 6) is 0.897. The van der Waals surface area contributed by atoms with Crippen molar-refractivity contribution < 1.29 is 9.53 Å². The highest BCUT2D eigenvalue weighted by Crippen LogP contribution is 2.22. The molecule has 0 aromatic carbocycles. The molecule has 128 valence electrons. The molecule has 1 fully saturated rings. The Kier molecular flexibility index (Phi) is 7.36. The van der Waals surface area contributed by atoms with Crippen molar-refractivity contribution in [2.24, 2.45) is 10.9 Å². The van der Waals surface area contributed by atoms with Crippen molar-refractivity contribution in [3.8, 4) is 0 Å². The van der Waals surface area contributed by atoms with Crippen LogP contribution in [0, 0.1) is 5.92 Å². The highest BCUT2D eigenvalue weighted by atomic mass is 79.9. The van der Waals surface area contributed by atoms with Crippen LogP contribution in [0.5, 0.6) is 0 Å². The van der Waals surface area contributed by atoms with Crippen LogP contribution in [0.4, 0.5) is 0 Å². The normalized spacial score (nSPS) is 16.5. The minimum absolute atomic E-state index is 0.0350. The zero-order valence-electron chi connectivity index (χ0n) is 13.7. The maximum absolute atomic E-state index is 11.8. The smallest absolute Gasteiger partial charge is 0.309 e. The fraction of sp³-hybridized carbons (Fsp3) is 0.625. The van der Waals surface area contributed by atoms with Crippen LogP contribution in [0.1, 0.15) is 24.6 Å². The molecule has 0 saturated carbocycles. The number of carbonyl (C=O) groups is 1. The van der Waals surface area contributed by atoms with Gasteiger partial charge in [-0.3, -0.25) is 9.79 Å². The molecule has 1 aromatic rings. The van der Waals surface area contributed by atoms with Crippen LogP contribution in [0.15, 0.2) is 20.9 Å². The molecule has 2 rings (SSSR count). The summed E-state index contributed by atoms with van der Waals surface area (Å²) in [6.45, 7) is 4.85. The average Bonchev–Trinajstić information content (AvgIpc) is 2.97. The Morgan fingerprint density at radius 3 is 2.78 bits per heavy atom. The number of guanidine groups is 1. The summed E-state index contributed by atoms with van der Waals surface area (Å²) < 4.78 is 6.28. The van der Waals surface area contributed by atoms with E-state index in [2.05, 4.69) is 43.3 Å². The van der Waals surface area contributed by atoms with Gasteiger partial charge in [0.2, 0.25) is 0 Å². The molecule has 0 spiro atoms. The largest absolute Gasteiger partial charge is 0.466 e. The SMILES string of the molecule is CCOC(=O)C1CCN(C(=NC)NCCc2ccc(Br)s2)CC1. The molecule has 0 unspecified atom stereocenters. The van der Waals surface area contributed by atoms with E-state index in [9.17, 15) is 4.79 Å². The number of nitrogens with one attached hydrogen (secondary N) is 1. The molecule has 1 saturated heterocycles. The van der Waals surface area contributed by atoms with Gasteiger partial charge in [0.05, 0.1) is 16.3 Å². The van der Waals surface area contributed by atoms with Crippen molar-refractivity contribution in [2.75, 3.05) is 33.3 Å². The number of nitrogens with zero attached hydrogens (tertiary/aromatic N) is 2. The van der Waals surface area contributed by atoms with Gasteiger partial charge in [0.25, 0.3) is 0 Å². The van der Waals surface area contributed by atoms with Crippen LogP contribution in [0.3, 0.4) is 0 Å². The van der Waals surface area contributed by atoms with Gasteiger partial charge >= 0.3 is 5.97 Å². The van der Waals surface area contributed by atoms with Gasteiger partial charge in [0, 0.05) is 31.6 Å². The Morgan fingerprint density at radius 1 is 1.48 bits per heavy atom. The van der Waals surface area contributed by atoms with Crippen molar-refractivity contribution in [1.82, 2.24) is 10.2 Å². The van der Waals surface area contributed by atoms with E-state index in [0.29, 0.717) is 6.61 Å². The van der Waals surface area contributed by atoms with Crippen molar-refractivity contribution in [1.29, 1.82) is 0 Å². The zero-order valence-corrected chi connectivity index (χ0v) is 16.1. The fourth-order valence-electron chi connectivity index (χ4n) is 2.70. The molecule has 7 heteroatoms. The minimum atomic E-state index is -0.0571. The first kappa shape index (κ1) is 18.3. The Morgan fingerprint density at radius 2 is 2.22 bits per heavy atom. The Balaban J connectivity index is 1.75. The van der Waals surface area contributed by atoms with Crippen LogP contribution in [-0.4, -0.2) is 50.1 Å². The van der Waals surface area contributed by atoms with E-state index in [0.717, 1.165) is 48.6 Å². The molecule has 1 aromatic heterocycles. The second kappa shape index (κ2) is 9.27. The molecule has 0 atom stereocenters. The van der Waals surface area contributed by atoms with E-state index >= 15 is 0 Å². The first-order chi connectivity index (χ1) is 11.1. The molecule has 1 N–H and O–H groups in total. The van der Waals surface area contributed by atoms with Gasteiger partial charge in [-0.15, -0.1) is 11.3 Å². The summed E-state index contributed by atoms with van der Waals surface area (Å²) in [6.07, 6.45) is 2.64. The molecule has 0 aliphatic carbocycles. The summed E-state index contributed by atoms with van der Waals surface area (Å²) >= 11 is 5.25. The van der Waals surface area contributed by atoms with Gasteiger partial charge in [-0.1, -0.05) is 0 Å². The third-order valence-electron chi connectivity index (χ3n) is 3.91. The van der Waals surface area contributed by atoms with E-state index in [1.54, 1.807) is 11.3 Å². The number of carbonyl (C=O) groups excluding carboxylic acids is 1. The third-order valence-corrected chi connectivity index (χ3v) is 5.59. The number of aliphatic imine (C=N–C) groups is 1. The number of hydrogen-bond donors (Lipinski definition) is 1. The quantitative estimate of drug-likeness (QED) is 0.468. The Hall–Kier alpha value is -1.08. The van der Waals surface area contributed by atoms with Crippen molar-refractivity contribution >= 4 is 39.2 Å². The maximum atomic E-state index is 11.8. The Labute approximate surface area is 150 Å². The van der Waals surface area contributed by atoms with E-state index in [1.165, 1.54) is 4.88 Å². The van der Waals surface area contributed by atoms with E-state index in [-0.39, 0.29) is 11.9 Å². The lowest BCUT2D eigenvalue weighted by Gasteiger charge is -2.33. The average molecular weight is 402 g/mol. The molecular weight excluding hydrogens is 378 g/mol. The molecule has 0 amide bonds. The summed E-state index contributed by atoms with van der Waals surface area (Å²) in [5, 5.41) is 3.42. The summed E-state index contributed by atoms with van der Waals surface area (Å²) in [5.41, 5.74) is 0. The molecule has 0 bridgehead atoms. The molecule has 23 heavy (non-hydrogen) atoms. The minimum Gasteiger partial charge on any atom is -0.466 e. The standard InChI is InChI=1S/C16H24BrN3O2S/c1-3-22-15(21)12-7-10-20(11-8-12)16(18-2)19-9-6-13-4-5-14(17)23-13/h4-5,12H,3,6-11H2,1-2H3,(H,18,19). The van der Waals surface area contributed by atoms with Crippen molar-refractivity contribution in [2.45, 2.75) is 26.2 Å². The number of esters is 1. The monoisotopic (exact) mass is 401 g/mol. The van der Waals surface area contributed by atoms with Gasteiger partial charge in [0.1, 0.15) is 0 Å². The molecule has 1 aliphatic heterocycles. The predicted octanol–water partition coefficient (Wildman–Crippen LogP) is 2.90. The number of thiophene rings is 1. The van der Waals surface area contributed by atoms with Gasteiger partial charge in [-0.05, 0) is 54.2 Å². The number of ether oxygens (including phenoxy) is 1. The zero-order chi connectivity index (χ0) is 16.7. The van der Waals surface area contributed by atoms with E-state index in [1.807, 2.05) is 14.0 Å². The maximum Gasteiger partial charge on any atom is 0.309 e. The van der Waals surface area contributed by atoms with Gasteiger partial charge in [0.15, 0.2) is 5.96 Å². The number of halogens is 1. The predicted molar refractivity (Wildman–Crippen MR) is 98.0 cm³/mol. The summed E-state index contributed by atoms with van der Waals surface area (Å²) in [4.78, 5) is 19.7. The van der Waals surface area contributed by atoms with Crippen LogP contribution in [0.25, 0.3) is 0 Å².